The van der Waals surface area contributed by atoms with E-state index in [4.69, 9.17) is 0 Å². The summed E-state index contributed by atoms with van der Waals surface area (Å²) in [5.41, 5.74) is 0.351. The van der Waals surface area contributed by atoms with Gasteiger partial charge in [-0.2, -0.15) is 5.10 Å². The summed E-state index contributed by atoms with van der Waals surface area (Å²) in [6.45, 7) is 1.11. The van der Waals surface area contributed by atoms with Crippen LogP contribution in [0.15, 0.2) is 15.5 Å². The largest absolute Gasteiger partial charge is 0.379 e. The van der Waals surface area contributed by atoms with E-state index in [-0.39, 0.29) is 11.5 Å². The molecule has 1 aliphatic rings. The molecule has 0 bridgehead atoms. The van der Waals surface area contributed by atoms with Gasteiger partial charge < -0.3 is 10.2 Å². The van der Waals surface area contributed by atoms with Crippen molar-refractivity contribution in [3.63, 3.8) is 0 Å². The zero-order valence-corrected chi connectivity index (χ0v) is 14.0. The smallest absolute Gasteiger partial charge is 0.291 e. The minimum Gasteiger partial charge on any atom is -0.379 e. The van der Waals surface area contributed by atoms with E-state index in [2.05, 4.69) is 26.3 Å². The Kier molecular flexibility index (Phi) is 5.39. The van der Waals surface area contributed by atoms with Crippen molar-refractivity contribution in [1.82, 2.24) is 14.7 Å². The topological polar surface area (TPSA) is 67.2 Å². The Morgan fingerprint density at radius 2 is 2.24 bits per heavy atom. The summed E-state index contributed by atoms with van der Waals surface area (Å²) < 4.78 is 2.15. The first-order valence-electron chi connectivity index (χ1n) is 7.18. The molecule has 1 amide bonds. The van der Waals surface area contributed by atoms with E-state index >= 15 is 0 Å². The Balaban J connectivity index is 2.02. The van der Waals surface area contributed by atoms with Crippen molar-refractivity contribution in [3.8, 4) is 0 Å². The Morgan fingerprint density at radius 3 is 2.81 bits per heavy atom. The molecule has 7 heteroatoms. The lowest BCUT2D eigenvalue weighted by atomic mass is 9.85. The van der Waals surface area contributed by atoms with Crippen molar-refractivity contribution in [3.05, 3.63) is 21.0 Å². The number of nitrogens with zero attached hydrogens (tertiary/aromatic N) is 3. The van der Waals surface area contributed by atoms with Crippen LogP contribution in [0.2, 0.25) is 0 Å². The summed E-state index contributed by atoms with van der Waals surface area (Å²) in [5, 5.41) is 7.22. The molecule has 0 spiro atoms. The molecule has 1 aromatic rings. The van der Waals surface area contributed by atoms with Gasteiger partial charge in [0.15, 0.2) is 0 Å². The standard InChI is InChI=1S/C14H21BrN4O2/c1-18(2)12(20)6-7-16-13-11(15)8-17-19(14(13)21)9-10-4-3-5-10/h8,10,16H,3-7,9H2,1-2H3. The molecule has 1 N–H and O–H groups in total. The van der Waals surface area contributed by atoms with Crippen LogP contribution in [0.4, 0.5) is 5.69 Å². The lowest BCUT2D eigenvalue weighted by molar-refractivity contribution is -0.128. The molecule has 0 saturated heterocycles. The van der Waals surface area contributed by atoms with Gasteiger partial charge in [0.1, 0.15) is 5.69 Å². The second kappa shape index (κ2) is 7.06. The van der Waals surface area contributed by atoms with Crippen LogP contribution >= 0.6 is 15.9 Å². The van der Waals surface area contributed by atoms with Crippen LogP contribution < -0.4 is 10.9 Å². The second-order valence-corrected chi connectivity index (χ2v) is 6.47. The van der Waals surface area contributed by atoms with Gasteiger partial charge in [-0.15, -0.1) is 0 Å². The molecular formula is C14H21BrN4O2. The monoisotopic (exact) mass is 356 g/mol. The predicted octanol–water partition coefficient (Wildman–Crippen LogP) is 1.70. The van der Waals surface area contributed by atoms with E-state index in [9.17, 15) is 9.59 Å². The molecule has 6 nitrogen and oxygen atoms in total. The normalized spacial score (nSPS) is 14.6. The molecule has 21 heavy (non-hydrogen) atoms. The highest BCUT2D eigenvalue weighted by molar-refractivity contribution is 9.10. The van der Waals surface area contributed by atoms with Gasteiger partial charge in [-0.3, -0.25) is 9.59 Å². The van der Waals surface area contributed by atoms with E-state index < -0.39 is 0 Å². The molecule has 0 atom stereocenters. The molecule has 2 rings (SSSR count). The predicted molar refractivity (Wildman–Crippen MR) is 85.3 cm³/mol. The number of nitrogens with one attached hydrogen (secondary N) is 1. The van der Waals surface area contributed by atoms with Crippen LogP contribution in [0.5, 0.6) is 0 Å². The summed E-state index contributed by atoms with van der Waals surface area (Å²) in [7, 11) is 3.44. The summed E-state index contributed by atoms with van der Waals surface area (Å²) in [5.74, 6) is 0.599. The third-order valence-electron chi connectivity index (χ3n) is 3.79. The molecule has 0 radical (unpaired) electrons. The summed E-state index contributed by atoms with van der Waals surface area (Å²) >= 11 is 3.34. The molecule has 1 saturated carbocycles. The number of rotatable bonds is 6. The van der Waals surface area contributed by atoms with Gasteiger partial charge in [-0.05, 0) is 34.7 Å². The lowest BCUT2D eigenvalue weighted by Crippen LogP contribution is -2.31. The van der Waals surface area contributed by atoms with Gasteiger partial charge in [-0.1, -0.05) is 6.42 Å². The van der Waals surface area contributed by atoms with Crippen molar-refractivity contribution in [1.29, 1.82) is 0 Å². The van der Waals surface area contributed by atoms with E-state index in [0.717, 1.165) is 0 Å². The zero-order chi connectivity index (χ0) is 15.4. The molecule has 0 unspecified atom stereocenters. The van der Waals surface area contributed by atoms with Crippen LogP contribution in [-0.4, -0.2) is 41.2 Å². The van der Waals surface area contributed by atoms with Crippen molar-refractivity contribution in [2.75, 3.05) is 26.0 Å². The van der Waals surface area contributed by atoms with Gasteiger partial charge in [-0.25, -0.2) is 4.68 Å². The third-order valence-corrected chi connectivity index (χ3v) is 4.39. The number of hydrogen-bond acceptors (Lipinski definition) is 4. The molecule has 1 heterocycles. The highest BCUT2D eigenvalue weighted by atomic mass is 79.9. The Labute approximate surface area is 132 Å². The Morgan fingerprint density at radius 1 is 1.52 bits per heavy atom. The van der Waals surface area contributed by atoms with Crippen LogP contribution in [0.25, 0.3) is 0 Å². The van der Waals surface area contributed by atoms with Crippen LogP contribution in [0.1, 0.15) is 25.7 Å². The van der Waals surface area contributed by atoms with Gasteiger partial charge in [0, 0.05) is 33.6 Å². The quantitative estimate of drug-likeness (QED) is 0.842. The van der Waals surface area contributed by atoms with Gasteiger partial charge in [0.25, 0.3) is 5.56 Å². The van der Waals surface area contributed by atoms with Gasteiger partial charge in [0.05, 0.1) is 10.7 Å². The molecule has 1 aromatic heterocycles. The second-order valence-electron chi connectivity index (χ2n) is 5.62. The first-order chi connectivity index (χ1) is 9.99. The fraction of sp³-hybridized carbons (Fsp3) is 0.643. The summed E-state index contributed by atoms with van der Waals surface area (Å²) in [4.78, 5) is 25.5. The fourth-order valence-corrected chi connectivity index (χ4v) is 2.60. The number of aromatic nitrogens is 2. The maximum Gasteiger partial charge on any atom is 0.291 e. The van der Waals surface area contributed by atoms with Crippen molar-refractivity contribution < 1.29 is 4.79 Å². The zero-order valence-electron chi connectivity index (χ0n) is 12.4. The number of amides is 1. The Bertz CT molecular complexity index is 567. The lowest BCUT2D eigenvalue weighted by Gasteiger charge is -2.25. The highest BCUT2D eigenvalue weighted by Gasteiger charge is 2.20. The summed E-state index contributed by atoms with van der Waals surface area (Å²) in [6, 6.07) is 0. The first kappa shape index (κ1) is 16.0. The third kappa shape index (κ3) is 4.06. The Hall–Kier alpha value is -1.37. The van der Waals surface area contributed by atoms with Gasteiger partial charge in [0.2, 0.25) is 5.91 Å². The van der Waals surface area contributed by atoms with E-state index in [0.29, 0.717) is 35.6 Å². The number of carbonyl (C=O) groups excluding carboxylic acids is 1. The average molecular weight is 357 g/mol. The minimum atomic E-state index is -0.131. The highest BCUT2D eigenvalue weighted by Crippen LogP contribution is 2.27. The first-order valence-corrected chi connectivity index (χ1v) is 7.98. The van der Waals surface area contributed by atoms with Gasteiger partial charge >= 0.3 is 0 Å². The molecule has 116 valence electrons. The number of anilines is 1. The van der Waals surface area contributed by atoms with E-state index in [1.54, 1.807) is 20.3 Å². The minimum absolute atomic E-state index is 0.0301. The van der Waals surface area contributed by atoms with Crippen molar-refractivity contribution >= 4 is 27.5 Å². The van der Waals surface area contributed by atoms with E-state index in [1.165, 1.54) is 28.8 Å². The molecule has 0 aliphatic heterocycles. The summed E-state index contributed by atoms with van der Waals surface area (Å²) in [6.07, 6.45) is 5.57. The number of carbonyl (C=O) groups is 1. The van der Waals surface area contributed by atoms with Crippen molar-refractivity contribution in [2.24, 2.45) is 5.92 Å². The number of halogens is 1. The molecular weight excluding hydrogens is 336 g/mol. The van der Waals surface area contributed by atoms with Crippen molar-refractivity contribution in [2.45, 2.75) is 32.2 Å². The van der Waals surface area contributed by atoms with Crippen LogP contribution in [0, 0.1) is 5.92 Å². The maximum atomic E-state index is 12.4. The number of hydrogen-bond donors (Lipinski definition) is 1. The molecule has 0 aromatic carbocycles. The molecule has 1 fully saturated rings. The average Bonchev–Trinajstić information content (AvgIpc) is 2.39. The van der Waals surface area contributed by atoms with E-state index in [1.807, 2.05) is 0 Å². The van der Waals surface area contributed by atoms with Crippen LogP contribution in [0.3, 0.4) is 0 Å². The molecule has 1 aliphatic carbocycles. The fourth-order valence-electron chi connectivity index (χ4n) is 2.20. The van der Waals surface area contributed by atoms with Crippen LogP contribution in [-0.2, 0) is 11.3 Å². The maximum absolute atomic E-state index is 12.4. The SMILES string of the molecule is CN(C)C(=O)CCNc1c(Br)cnn(CC2CCC2)c1=O.